The molecule has 0 saturated carbocycles. The van der Waals surface area contributed by atoms with Gasteiger partial charge in [-0.2, -0.15) is 0 Å². The van der Waals surface area contributed by atoms with Crippen LogP contribution in [0.5, 0.6) is 0 Å². The first kappa shape index (κ1) is 20.8. The molecule has 0 aliphatic carbocycles. The van der Waals surface area contributed by atoms with E-state index in [-0.39, 0.29) is 17.7 Å². The van der Waals surface area contributed by atoms with Crippen LogP contribution in [0.3, 0.4) is 0 Å². The number of halogens is 2. The van der Waals surface area contributed by atoms with E-state index in [9.17, 15) is 18.4 Å². The number of benzene rings is 3. The average Bonchev–Trinajstić information content (AvgIpc) is 3.03. The highest BCUT2D eigenvalue weighted by atomic mass is 19.1. The molecule has 4 rings (SSSR count). The van der Waals surface area contributed by atoms with Crippen molar-refractivity contribution in [2.75, 3.05) is 0 Å². The molecule has 3 aromatic carbocycles. The third-order valence-electron chi connectivity index (χ3n) is 4.70. The van der Waals surface area contributed by atoms with Gasteiger partial charge in [0.25, 0.3) is 11.8 Å². The zero-order valence-corrected chi connectivity index (χ0v) is 16.7. The van der Waals surface area contributed by atoms with Gasteiger partial charge < -0.3 is 0 Å². The van der Waals surface area contributed by atoms with Gasteiger partial charge >= 0.3 is 0 Å². The second kappa shape index (κ2) is 9.12. The van der Waals surface area contributed by atoms with E-state index in [2.05, 4.69) is 23.7 Å². The molecule has 1 heterocycles. The summed E-state index contributed by atoms with van der Waals surface area (Å²) in [6.45, 7) is 0.0853. The maximum atomic E-state index is 13.1. The van der Waals surface area contributed by atoms with E-state index in [1.54, 1.807) is 0 Å². The summed E-state index contributed by atoms with van der Waals surface area (Å²) in [7, 11) is 0. The fraction of sp³-hybridized carbons (Fsp3) is 0.0370. The van der Waals surface area contributed by atoms with E-state index in [4.69, 9.17) is 0 Å². The van der Waals surface area contributed by atoms with E-state index in [1.807, 2.05) is 30.3 Å². The van der Waals surface area contributed by atoms with E-state index < -0.39 is 23.4 Å². The molecule has 2 amide bonds. The summed E-state index contributed by atoms with van der Waals surface area (Å²) < 4.78 is 26.3. The molecular formula is C27H15F2NO2. The Balaban J connectivity index is 1.72. The molecule has 1 aliphatic heterocycles. The predicted molar refractivity (Wildman–Crippen MR) is 116 cm³/mol. The van der Waals surface area contributed by atoms with Gasteiger partial charge in [-0.15, -0.1) is 0 Å². The third kappa shape index (κ3) is 4.64. The largest absolute Gasteiger partial charge is 0.271 e. The average molecular weight is 423 g/mol. The Kier molecular flexibility index (Phi) is 5.92. The summed E-state index contributed by atoms with van der Waals surface area (Å²) in [5.74, 6) is 9.18. The summed E-state index contributed by atoms with van der Waals surface area (Å²) >= 11 is 0. The van der Waals surface area contributed by atoms with Crippen molar-refractivity contribution in [3.63, 3.8) is 0 Å². The Hall–Kier alpha value is -4.48. The molecule has 0 saturated heterocycles. The summed E-state index contributed by atoms with van der Waals surface area (Å²) in [6.07, 6.45) is 0. The fourth-order valence-corrected chi connectivity index (χ4v) is 3.05. The van der Waals surface area contributed by atoms with Gasteiger partial charge in [-0.1, -0.05) is 54.0 Å². The highest BCUT2D eigenvalue weighted by molar-refractivity contribution is 6.23. The smallest absolute Gasteiger partial charge is 0.269 e. The summed E-state index contributed by atoms with van der Waals surface area (Å²) in [5.41, 5.74) is 1.72. The lowest BCUT2D eigenvalue weighted by Gasteiger charge is -2.14. The lowest BCUT2D eigenvalue weighted by molar-refractivity contribution is -0.137. The van der Waals surface area contributed by atoms with E-state index in [0.29, 0.717) is 11.1 Å². The molecule has 0 aromatic heterocycles. The number of imide groups is 1. The zero-order valence-electron chi connectivity index (χ0n) is 16.7. The Bertz CT molecular complexity index is 1250. The summed E-state index contributed by atoms with van der Waals surface area (Å²) in [6, 6.07) is 20.1. The maximum Gasteiger partial charge on any atom is 0.271 e. The van der Waals surface area contributed by atoms with Crippen LogP contribution in [0.15, 0.2) is 90.0 Å². The van der Waals surface area contributed by atoms with Gasteiger partial charge in [0.2, 0.25) is 0 Å². The highest BCUT2D eigenvalue weighted by Gasteiger charge is 2.37. The topological polar surface area (TPSA) is 37.4 Å². The van der Waals surface area contributed by atoms with Crippen molar-refractivity contribution in [1.29, 1.82) is 0 Å². The number of hydrogen-bond donors (Lipinski definition) is 0. The molecule has 0 atom stereocenters. The van der Waals surface area contributed by atoms with Crippen molar-refractivity contribution in [2.45, 2.75) is 6.54 Å². The van der Waals surface area contributed by atoms with Crippen molar-refractivity contribution < 1.29 is 18.4 Å². The van der Waals surface area contributed by atoms with Gasteiger partial charge in [-0.25, -0.2) is 8.78 Å². The number of nitrogens with zero attached hydrogens (tertiary/aromatic N) is 1. The van der Waals surface area contributed by atoms with Crippen LogP contribution < -0.4 is 0 Å². The molecule has 0 spiro atoms. The van der Waals surface area contributed by atoms with Gasteiger partial charge in [0.05, 0.1) is 6.54 Å². The van der Waals surface area contributed by atoms with Crippen molar-refractivity contribution in [2.24, 2.45) is 0 Å². The Labute approximate surface area is 184 Å². The van der Waals surface area contributed by atoms with Gasteiger partial charge in [-0.3, -0.25) is 14.5 Å². The molecule has 0 radical (unpaired) electrons. The summed E-state index contributed by atoms with van der Waals surface area (Å²) in [4.78, 5) is 27.2. The first-order chi connectivity index (χ1) is 15.5. The SMILES string of the molecule is O=C1C(C#Cc2ccc(F)cc2)=C(C#Cc2ccc(F)cc2)C(=O)N1Cc1ccccc1. The van der Waals surface area contributed by atoms with Crippen LogP contribution in [-0.4, -0.2) is 16.7 Å². The quantitative estimate of drug-likeness (QED) is 0.457. The molecule has 0 N–H and O–H groups in total. The van der Waals surface area contributed by atoms with Gasteiger partial charge in [0.1, 0.15) is 22.8 Å². The van der Waals surface area contributed by atoms with Crippen molar-refractivity contribution in [3.8, 4) is 23.7 Å². The highest BCUT2D eigenvalue weighted by Crippen LogP contribution is 2.22. The normalized spacial score (nSPS) is 12.9. The van der Waals surface area contributed by atoms with Crippen molar-refractivity contribution in [1.82, 2.24) is 4.90 Å². The standard InChI is InChI=1S/C27H15F2NO2/c28-22-12-6-19(7-13-22)10-16-24-25(17-11-20-8-14-23(29)15-9-20)27(32)30(26(24)31)18-21-4-2-1-3-5-21/h1-9,12-15H,18H2. The molecular weight excluding hydrogens is 408 g/mol. The van der Waals surface area contributed by atoms with Crippen LogP contribution in [0.25, 0.3) is 0 Å². The minimum Gasteiger partial charge on any atom is -0.269 e. The molecule has 0 fully saturated rings. The molecule has 5 heteroatoms. The Morgan fingerprint density at radius 2 is 1.03 bits per heavy atom. The van der Waals surface area contributed by atoms with Crippen LogP contribution in [-0.2, 0) is 16.1 Å². The van der Waals surface area contributed by atoms with Gasteiger partial charge in [0.15, 0.2) is 0 Å². The summed E-state index contributed by atoms with van der Waals surface area (Å²) in [5, 5.41) is 0. The molecule has 1 aliphatic rings. The number of carbonyl (C=O) groups is 2. The van der Waals surface area contributed by atoms with Crippen LogP contribution in [0.1, 0.15) is 16.7 Å². The van der Waals surface area contributed by atoms with E-state index >= 15 is 0 Å². The first-order valence-corrected chi connectivity index (χ1v) is 9.71. The van der Waals surface area contributed by atoms with Crippen molar-refractivity contribution >= 4 is 11.8 Å². The maximum absolute atomic E-state index is 13.1. The minimum atomic E-state index is -0.545. The number of amides is 2. The lowest BCUT2D eigenvalue weighted by atomic mass is 10.1. The second-order valence-electron chi connectivity index (χ2n) is 6.95. The number of carbonyl (C=O) groups excluding carboxylic acids is 2. The Morgan fingerprint density at radius 3 is 1.47 bits per heavy atom. The molecule has 0 bridgehead atoms. The second-order valence-corrected chi connectivity index (χ2v) is 6.95. The van der Waals surface area contributed by atoms with E-state index in [0.717, 1.165) is 10.5 Å². The number of rotatable bonds is 2. The Morgan fingerprint density at radius 1 is 0.594 bits per heavy atom. The fourth-order valence-electron chi connectivity index (χ4n) is 3.05. The third-order valence-corrected chi connectivity index (χ3v) is 4.70. The molecule has 0 unspecified atom stereocenters. The molecule has 3 aromatic rings. The van der Waals surface area contributed by atoms with Crippen molar-refractivity contribution in [3.05, 3.63) is 118 Å². The van der Waals surface area contributed by atoms with Gasteiger partial charge in [0, 0.05) is 11.1 Å². The van der Waals surface area contributed by atoms with Gasteiger partial charge in [-0.05, 0) is 54.1 Å². The molecule has 3 nitrogen and oxygen atoms in total. The molecule has 154 valence electrons. The van der Waals surface area contributed by atoms with Crippen LogP contribution in [0.4, 0.5) is 8.78 Å². The van der Waals surface area contributed by atoms with Crippen LogP contribution in [0, 0.1) is 35.3 Å². The first-order valence-electron chi connectivity index (χ1n) is 9.71. The minimum absolute atomic E-state index is 0.0233. The lowest BCUT2D eigenvalue weighted by Crippen LogP contribution is -2.31. The monoisotopic (exact) mass is 423 g/mol. The van der Waals surface area contributed by atoms with E-state index in [1.165, 1.54) is 48.5 Å². The zero-order chi connectivity index (χ0) is 22.5. The van der Waals surface area contributed by atoms with Crippen LogP contribution >= 0.6 is 0 Å². The van der Waals surface area contributed by atoms with Crippen LogP contribution in [0.2, 0.25) is 0 Å². The predicted octanol–water partition coefficient (Wildman–Crippen LogP) is 4.23. The number of hydrogen-bond acceptors (Lipinski definition) is 2. The molecule has 32 heavy (non-hydrogen) atoms.